The second kappa shape index (κ2) is 10.8. The van der Waals surface area contributed by atoms with Crippen LogP contribution in [-0.4, -0.2) is 24.7 Å². The highest BCUT2D eigenvalue weighted by molar-refractivity contribution is 7.37. The summed E-state index contributed by atoms with van der Waals surface area (Å²) in [4.78, 5) is 11.6. The molecule has 118 valence electrons. The third-order valence-electron chi connectivity index (χ3n) is 3.57. The molecule has 1 aromatic rings. The third kappa shape index (κ3) is 7.09. The van der Waals surface area contributed by atoms with Gasteiger partial charge in [-0.05, 0) is 44.2 Å². The van der Waals surface area contributed by atoms with E-state index in [9.17, 15) is 4.79 Å². The summed E-state index contributed by atoms with van der Waals surface area (Å²) in [6.07, 6.45) is 9.19. The fraction of sp³-hybridized carbons (Fsp3) is 0.611. The number of aryl methyl sites for hydroxylation is 1. The van der Waals surface area contributed by atoms with E-state index in [4.69, 9.17) is 4.74 Å². The van der Waals surface area contributed by atoms with Gasteiger partial charge in [-0.3, -0.25) is 4.79 Å². The Morgan fingerprint density at radius 1 is 1.14 bits per heavy atom. The van der Waals surface area contributed by atoms with Crippen molar-refractivity contribution in [3.63, 3.8) is 0 Å². The van der Waals surface area contributed by atoms with Crippen molar-refractivity contribution < 1.29 is 9.53 Å². The van der Waals surface area contributed by atoms with Gasteiger partial charge in [0.25, 0.3) is 0 Å². The van der Waals surface area contributed by atoms with Crippen molar-refractivity contribution in [3.8, 4) is 5.75 Å². The SMILES string of the molecule is CCCCCCCPCCOc1c(C)cccc1C(C)=O. The lowest BCUT2D eigenvalue weighted by molar-refractivity contribution is 0.101. The number of carbonyl (C=O) groups is 1. The average molecular weight is 308 g/mol. The molecule has 0 aliphatic carbocycles. The molecule has 1 unspecified atom stereocenters. The van der Waals surface area contributed by atoms with E-state index in [1.807, 2.05) is 25.1 Å². The van der Waals surface area contributed by atoms with Crippen molar-refractivity contribution in [2.45, 2.75) is 52.9 Å². The summed E-state index contributed by atoms with van der Waals surface area (Å²) in [5.74, 6) is 0.852. The van der Waals surface area contributed by atoms with Gasteiger partial charge >= 0.3 is 0 Å². The molecule has 0 aliphatic heterocycles. The number of carbonyl (C=O) groups excluding carboxylic acids is 1. The molecule has 0 N–H and O–H groups in total. The minimum absolute atomic E-state index is 0.0760. The van der Waals surface area contributed by atoms with Crippen LogP contribution in [0.1, 0.15) is 61.9 Å². The summed E-state index contributed by atoms with van der Waals surface area (Å²) in [6.45, 7) is 6.57. The second-order valence-corrected chi connectivity index (χ2v) is 7.02. The molecule has 1 aromatic carbocycles. The number of unbranched alkanes of at least 4 members (excludes halogenated alkanes) is 4. The van der Waals surface area contributed by atoms with E-state index in [-0.39, 0.29) is 5.78 Å². The van der Waals surface area contributed by atoms with Crippen LogP contribution < -0.4 is 4.74 Å². The van der Waals surface area contributed by atoms with E-state index in [0.717, 1.165) is 32.7 Å². The smallest absolute Gasteiger partial charge is 0.163 e. The van der Waals surface area contributed by atoms with Gasteiger partial charge in [0.15, 0.2) is 5.78 Å². The number of ketones is 1. The minimum Gasteiger partial charge on any atom is -0.492 e. The van der Waals surface area contributed by atoms with Crippen LogP contribution in [0.4, 0.5) is 0 Å². The molecular weight excluding hydrogens is 279 g/mol. The molecule has 3 heteroatoms. The van der Waals surface area contributed by atoms with Gasteiger partial charge < -0.3 is 4.74 Å². The average Bonchev–Trinajstić information content (AvgIpc) is 2.46. The van der Waals surface area contributed by atoms with Gasteiger partial charge in [-0.2, -0.15) is 0 Å². The first-order chi connectivity index (χ1) is 10.2. The zero-order valence-electron chi connectivity index (χ0n) is 13.7. The molecule has 0 aromatic heterocycles. The predicted octanol–water partition coefficient (Wildman–Crippen LogP) is 5.23. The van der Waals surface area contributed by atoms with Crippen LogP contribution >= 0.6 is 8.58 Å². The molecule has 0 saturated carbocycles. The summed E-state index contributed by atoms with van der Waals surface area (Å²) in [5, 5.41) is 0. The van der Waals surface area contributed by atoms with Gasteiger partial charge in [-0.1, -0.05) is 44.7 Å². The van der Waals surface area contributed by atoms with Gasteiger partial charge in [-0.15, -0.1) is 8.58 Å². The standard InChI is InChI=1S/C18H29O2P/c1-4-5-6-7-8-13-21-14-12-20-18-15(2)10-9-11-17(18)16(3)19/h9-11,21H,4-8,12-14H2,1-3H3. The number of benzene rings is 1. The van der Waals surface area contributed by atoms with Gasteiger partial charge in [0, 0.05) is 0 Å². The molecule has 0 spiro atoms. The van der Waals surface area contributed by atoms with Crippen LogP contribution in [0.3, 0.4) is 0 Å². The first-order valence-electron chi connectivity index (χ1n) is 8.11. The summed E-state index contributed by atoms with van der Waals surface area (Å²) in [7, 11) is 0.974. The van der Waals surface area contributed by atoms with Crippen molar-refractivity contribution in [2.75, 3.05) is 18.9 Å². The van der Waals surface area contributed by atoms with E-state index < -0.39 is 0 Å². The molecule has 0 saturated heterocycles. The molecule has 0 bridgehead atoms. The number of hydrogen-bond acceptors (Lipinski definition) is 2. The summed E-state index contributed by atoms with van der Waals surface area (Å²) in [6, 6.07) is 5.76. The van der Waals surface area contributed by atoms with Crippen LogP contribution in [0.2, 0.25) is 0 Å². The second-order valence-electron chi connectivity index (χ2n) is 5.52. The predicted molar refractivity (Wildman–Crippen MR) is 93.5 cm³/mol. The Bertz CT molecular complexity index is 429. The minimum atomic E-state index is 0.0760. The monoisotopic (exact) mass is 308 g/mol. The Labute approximate surface area is 131 Å². The molecule has 0 aliphatic rings. The Balaban J connectivity index is 2.23. The van der Waals surface area contributed by atoms with E-state index in [0.29, 0.717) is 5.56 Å². The van der Waals surface area contributed by atoms with Crippen molar-refractivity contribution in [1.82, 2.24) is 0 Å². The number of rotatable bonds is 11. The lowest BCUT2D eigenvalue weighted by Gasteiger charge is -2.12. The molecule has 0 fully saturated rings. The Morgan fingerprint density at radius 2 is 1.90 bits per heavy atom. The highest BCUT2D eigenvalue weighted by Crippen LogP contribution is 2.24. The number of para-hydroxylation sites is 1. The van der Waals surface area contributed by atoms with E-state index in [2.05, 4.69) is 6.92 Å². The van der Waals surface area contributed by atoms with E-state index in [1.165, 1.54) is 38.3 Å². The van der Waals surface area contributed by atoms with Gasteiger partial charge in [0.1, 0.15) is 5.75 Å². The van der Waals surface area contributed by atoms with Gasteiger partial charge in [0.2, 0.25) is 0 Å². The summed E-state index contributed by atoms with van der Waals surface area (Å²) < 4.78 is 5.86. The largest absolute Gasteiger partial charge is 0.492 e. The molecular formula is C18H29O2P. The molecule has 1 atom stereocenters. The van der Waals surface area contributed by atoms with Crippen molar-refractivity contribution in [3.05, 3.63) is 29.3 Å². The fourth-order valence-electron chi connectivity index (χ4n) is 2.33. The molecule has 0 radical (unpaired) electrons. The Kier molecular flexibility index (Phi) is 9.34. The maximum absolute atomic E-state index is 11.6. The van der Waals surface area contributed by atoms with Gasteiger partial charge in [-0.25, -0.2) is 0 Å². The van der Waals surface area contributed by atoms with Crippen molar-refractivity contribution in [2.24, 2.45) is 0 Å². The normalized spacial score (nSPS) is 11.2. The maximum Gasteiger partial charge on any atom is 0.163 e. The molecule has 0 heterocycles. The number of ether oxygens (including phenoxy) is 1. The van der Waals surface area contributed by atoms with E-state index in [1.54, 1.807) is 6.92 Å². The lowest BCUT2D eigenvalue weighted by Crippen LogP contribution is -2.06. The highest BCUT2D eigenvalue weighted by Gasteiger charge is 2.10. The van der Waals surface area contributed by atoms with Crippen LogP contribution in [0, 0.1) is 6.92 Å². The van der Waals surface area contributed by atoms with E-state index >= 15 is 0 Å². The topological polar surface area (TPSA) is 26.3 Å². The third-order valence-corrected chi connectivity index (χ3v) is 4.84. The fourth-order valence-corrected chi connectivity index (χ4v) is 3.32. The highest BCUT2D eigenvalue weighted by atomic mass is 31.1. The zero-order chi connectivity index (χ0) is 15.5. The molecule has 1 rings (SSSR count). The first kappa shape index (κ1) is 18.2. The molecule has 0 amide bonds. The Morgan fingerprint density at radius 3 is 2.62 bits per heavy atom. The molecule has 2 nitrogen and oxygen atoms in total. The summed E-state index contributed by atoms with van der Waals surface area (Å²) in [5.41, 5.74) is 1.75. The Hall–Kier alpha value is -0.880. The first-order valence-corrected chi connectivity index (χ1v) is 9.52. The van der Waals surface area contributed by atoms with Crippen molar-refractivity contribution in [1.29, 1.82) is 0 Å². The summed E-state index contributed by atoms with van der Waals surface area (Å²) >= 11 is 0. The van der Waals surface area contributed by atoms with Crippen LogP contribution in [0.25, 0.3) is 0 Å². The quantitative estimate of drug-likeness (QED) is 0.318. The van der Waals surface area contributed by atoms with Crippen molar-refractivity contribution >= 4 is 14.4 Å². The van der Waals surface area contributed by atoms with Crippen LogP contribution in [0.5, 0.6) is 5.75 Å². The van der Waals surface area contributed by atoms with Crippen LogP contribution in [-0.2, 0) is 0 Å². The van der Waals surface area contributed by atoms with Crippen LogP contribution in [0.15, 0.2) is 18.2 Å². The zero-order valence-corrected chi connectivity index (χ0v) is 14.7. The molecule has 21 heavy (non-hydrogen) atoms. The number of hydrogen-bond donors (Lipinski definition) is 0. The van der Waals surface area contributed by atoms with Gasteiger partial charge in [0.05, 0.1) is 12.2 Å². The maximum atomic E-state index is 11.6. The number of Topliss-reactive ketones (excluding diaryl/α,β-unsaturated/α-hetero) is 1. The lowest BCUT2D eigenvalue weighted by atomic mass is 10.1.